The molecule has 1 aliphatic rings. The first-order valence-corrected chi connectivity index (χ1v) is 9.09. The summed E-state index contributed by atoms with van der Waals surface area (Å²) in [4.78, 5) is 16.9. The van der Waals surface area contributed by atoms with E-state index < -0.39 is 0 Å². The van der Waals surface area contributed by atoms with Crippen molar-refractivity contribution in [1.82, 2.24) is 4.90 Å². The Hall–Kier alpha value is -1.90. The minimum atomic E-state index is -0.352. The number of carbonyl (C=O) groups excluding carboxylic acids is 1. The summed E-state index contributed by atoms with van der Waals surface area (Å²) in [5, 5.41) is 18.6. The Morgan fingerprint density at radius 3 is 2.92 bits per heavy atom. The number of carbonyl (C=O) groups is 1. The Bertz CT molecular complexity index is 636. The lowest BCUT2D eigenvalue weighted by Gasteiger charge is -2.30. The minimum absolute atomic E-state index is 0.0291. The van der Waals surface area contributed by atoms with E-state index in [4.69, 9.17) is 5.26 Å². The second kappa shape index (κ2) is 8.98. The molecule has 0 saturated carbocycles. The van der Waals surface area contributed by atoms with Crippen molar-refractivity contribution in [1.29, 1.82) is 5.26 Å². The topological polar surface area (TPSA) is 67.6 Å². The van der Waals surface area contributed by atoms with Crippen molar-refractivity contribution >= 4 is 11.6 Å². The van der Waals surface area contributed by atoms with Crippen molar-refractivity contribution < 1.29 is 9.90 Å². The molecule has 0 radical (unpaired) electrons. The molecule has 5 heteroatoms. The molecule has 1 aromatic rings. The molecule has 1 N–H and O–H groups in total. The zero-order chi connectivity index (χ0) is 18.4. The van der Waals surface area contributed by atoms with Crippen LogP contribution in [0, 0.1) is 25.2 Å². The first-order valence-electron chi connectivity index (χ1n) is 9.09. The maximum Gasteiger partial charge on any atom is 0.241 e. The van der Waals surface area contributed by atoms with Gasteiger partial charge in [0.2, 0.25) is 5.91 Å². The van der Waals surface area contributed by atoms with Crippen LogP contribution in [0.5, 0.6) is 0 Å². The van der Waals surface area contributed by atoms with Gasteiger partial charge in [0.1, 0.15) is 0 Å². The number of rotatable bonds is 7. The molecule has 136 valence electrons. The zero-order valence-electron chi connectivity index (χ0n) is 15.5. The van der Waals surface area contributed by atoms with Gasteiger partial charge in [-0.3, -0.25) is 9.69 Å². The molecule has 1 aromatic carbocycles. The molecule has 1 aliphatic heterocycles. The normalized spacial score (nSPS) is 18.8. The molecule has 1 saturated heterocycles. The van der Waals surface area contributed by atoms with E-state index >= 15 is 0 Å². The zero-order valence-corrected chi connectivity index (χ0v) is 15.5. The molecule has 0 bridgehead atoms. The smallest absolute Gasteiger partial charge is 0.241 e. The van der Waals surface area contributed by atoms with E-state index in [0.29, 0.717) is 25.9 Å². The van der Waals surface area contributed by atoms with Gasteiger partial charge in [-0.1, -0.05) is 12.1 Å². The SMILES string of the molecule is Cc1cccc(N(CCC#N)C(=O)CN2CCCC2CC(C)O)c1C. The summed E-state index contributed by atoms with van der Waals surface area (Å²) in [6.45, 7) is 7.49. The number of nitriles is 1. The molecule has 1 fully saturated rings. The third-order valence-electron chi connectivity index (χ3n) is 5.07. The highest BCUT2D eigenvalue weighted by atomic mass is 16.3. The number of anilines is 1. The van der Waals surface area contributed by atoms with Gasteiger partial charge >= 0.3 is 0 Å². The molecule has 0 aliphatic carbocycles. The standard InChI is InChI=1S/C20H29N3O2/c1-15-7-4-9-19(17(15)3)23(12-6-10-21)20(25)14-22-11-5-8-18(22)13-16(2)24/h4,7,9,16,18,24H,5-6,8,11-14H2,1-3H3. The first-order chi connectivity index (χ1) is 11.9. The highest BCUT2D eigenvalue weighted by Gasteiger charge is 2.29. The molecule has 2 atom stereocenters. The van der Waals surface area contributed by atoms with Crippen LogP contribution in [0.3, 0.4) is 0 Å². The lowest BCUT2D eigenvalue weighted by Crippen LogP contribution is -2.43. The molecule has 0 aromatic heterocycles. The molecule has 1 amide bonds. The summed E-state index contributed by atoms with van der Waals surface area (Å²) in [5.74, 6) is 0.0291. The molecular formula is C20H29N3O2. The summed E-state index contributed by atoms with van der Waals surface area (Å²) < 4.78 is 0. The van der Waals surface area contributed by atoms with Gasteiger partial charge in [-0.25, -0.2) is 0 Å². The fourth-order valence-corrected chi connectivity index (χ4v) is 3.59. The highest BCUT2D eigenvalue weighted by molar-refractivity contribution is 5.95. The Morgan fingerprint density at radius 1 is 1.48 bits per heavy atom. The summed E-state index contributed by atoms with van der Waals surface area (Å²) in [6, 6.07) is 8.35. The van der Waals surface area contributed by atoms with Gasteiger partial charge in [0.25, 0.3) is 0 Å². The van der Waals surface area contributed by atoms with Gasteiger partial charge in [0, 0.05) is 18.3 Å². The number of amides is 1. The van der Waals surface area contributed by atoms with Crippen LogP contribution in [-0.4, -0.2) is 47.7 Å². The second-order valence-electron chi connectivity index (χ2n) is 7.02. The third-order valence-corrected chi connectivity index (χ3v) is 5.07. The maximum atomic E-state index is 13.0. The van der Waals surface area contributed by atoms with Crippen LogP contribution in [0.1, 0.15) is 43.7 Å². The number of benzene rings is 1. The van der Waals surface area contributed by atoms with Crippen LogP contribution < -0.4 is 4.90 Å². The lowest BCUT2D eigenvalue weighted by atomic mass is 10.1. The number of likely N-dealkylation sites (tertiary alicyclic amines) is 1. The average molecular weight is 343 g/mol. The predicted molar refractivity (Wildman–Crippen MR) is 99.4 cm³/mol. The summed E-state index contributed by atoms with van der Waals surface area (Å²) >= 11 is 0. The van der Waals surface area contributed by atoms with E-state index in [2.05, 4.69) is 11.0 Å². The number of aliphatic hydroxyl groups excluding tert-OH is 1. The molecule has 5 nitrogen and oxygen atoms in total. The van der Waals surface area contributed by atoms with Crippen molar-refractivity contribution in [3.63, 3.8) is 0 Å². The molecule has 2 rings (SSSR count). The van der Waals surface area contributed by atoms with Crippen molar-refractivity contribution in [3.8, 4) is 6.07 Å². The Balaban J connectivity index is 2.16. The van der Waals surface area contributed by atoms with Crippen LogP contribution in [-0.2, 0) is 4.79 Å². The van der Waals surface area contributed by atoms with Gasteiger partial charge < -0.3 is 10.0 Å². The maximum absolute atomic E-state index is 13.0. The van der Waals surface area contributed by atoms with Crippen molar-refractivity contribution in [2.75, 3.05) is 24.5 Å². The average Bonchev–Trinajstić information content (AvgIpc) is 2.97. The molecule has 25 heavy (non-hydrogen) atoms. The lowest BCUT2D eigenvalue weighted by molar-refractivity contribution is -0.120. The second-order valence-corrected chi connectivity index (χ2v) is 7.02. The van der Waals surface area contributed by atoms with Crippen LogP contribution in [0.25, 0.3) is 0 Å². The summed E-state index contributed by atoms with van der Waals surface area (Å²) in [7, 11) is 0. The van der Waals surface area contributed by atoms with Gasteiger partial charge in [0.05, 0.1) is 25.1 Å². The first kappa shape index (κ1) is 19.4. The van der Waals surface area contributed by atoms with E-state index in [1.54, 1.807) is 11.8 Å². The number of nitrogens with zero attached hydrogens (tertiary/aromatic N) is 3. The molecular weight excluding hydrogens is 314 g/mol. The van der Waals surface area contributed by atoms with Gasteiger partial charge in [-0.2, -0.15) is 5.26 Å². The van der Waals surface area contributed by atoms with E-state index in [1.807, 2.05) is 32.0 Å². The monoisotopic (exact) mass is 343 g/mol. The Morgan fingerprint density at radius 2 is 2.24 bits per heavy atom. The van der Waals surface area contributed by atoms with Gasteiger partial charge in [-0.15, -0.1) is 0 Å². The van der Waals surface area contributed by atoms with Crippen LogP contribution >= 0.6 is 0 Å². The minimum Gasteiger partial charge on any atom is -0.393 e. The predicted octanol–water partition coefficient (Wildman–Crippen LogP) is 2.79. The van der Waals surface area contributed by atoms with Crippen molar-refractivity contribution in [3.05, 3.63) is 29.3 Å². The fourth-order valence-electron chi connectivity index (χ4n) is 3.59. The molecule has 0 spiro atoms. The van der Waals surface area contributed by atoms with E-state index in [1.165, 1.54) is 0 Å². The van der Waals surface area contributed by atoms with E-state index in [0.717, 1.165) is 36.2 Å². The van der Waals surface area contributed by atoms with Crippen molar-refractivity contribution in [2.45, 2.75) is 58.6 Å². The fraction of sp³-hybridized carbons (Fsp3) is 0.600. The summed E-state index contributed by atoms with van der Waals surface area (Å²) in [5.41, 5.74) is 3.11. The number of aliphatic hydroxyl groups is 1. The molecule has 1 heterocycles. The Kier molecular flexibility index (Phi) is 6.98. The number of hydrogen-bond donors (Lipinski definition) is 1. The van der Waals surface area contributed by atoms with Gasteiger partial charge in [-0.05, 0) is 63.8 Å². The molecule has 2 unspecified atom stereocenters. The van der Waals surface area contributed by atoms with E-state index in [9.17, 15) is 9.90 Å². The van der Waals surface area contributed by atoms with Gasteiger partial charge in [0.15, 0.2) is 0 Å². The van der Waals surface area contributed by atoms with Crippen molar-refractivity contribution in [2.24, 2.45) is 0 Å². The van der Waals surface area contributed by atoms with Crippen LogP contribution in [0.2, 0.25) is 0 Å². The Labute approximate surface area is 150 Å². The van der Waals surface area contributed by atoms with Crippen LogP contribution in [0.15, 0.2) is 18.2 Å². The highest BCUT2D eigenvalue weighted by Crippen LogP contribution is 2.25. The largest absolute Gasteiger partial charge is 0.393 e. The quantitative estimate of drug-likeness (QED) is 0.827. The number of aryl methyl sites for hydroxylation is 1. The van der Waals surface area contributed by atoms with E-state index in [-0.39, 0.29) is 18.1 Å². The number of hydrogen-bond acceptors (Lipinski definition) is 4. The summed E-state index contributed by atoms with van der Waals surface area (Å²) in [6.07, 6.45) is 2.76. The van der Waals surface area contributed by atoms with Crippen LogP contribution in [0.4, 0.5) is 5.69 Å². The third kappa shape index (κ3) is 5.04.